The van der Waals surface area contributed by atoms with Crippen molar-refractivity contribution in [2.75, 3.05) is 46.6 Å². The van der Waals surface area contributed by atoms with Gasteiger partial charge in [0.05, 0.1) is 25.7 Å². The van der Waals surface area contributed by atoms with Gasteiger partial charge in [0.2, 0.25) is 0 Å². The zero-order chi connectivity index (χ0) is 15.0. The van der Waals surface area contributed by atoms with Gasteiger partial charge in [-0.2, -0.15) is 17.4 Å². The van der Waals surface area contributed by atoms with Crippen molar-refractivity contribution < 1.29 is 27.8 Å². The van der Waals surface area contributed by atoms with Crippen molar-refractivity contribution in [2.45, 2.75) is 12.8 Å². The predicted octanol–water partition coefficient (Wildman–Crippen LogP) is -0.720. The fourth-order valence-electron chi connectivity index (χ4n) is 1.92. The minimum Gasteiger partial charge on any atom is -0.481 e. The Morgan fingerprint density at radius 3 is 2.50 bits per heavy atom. The Morgan fingerprint density at radius 1 is 1.30 bits per heavy atom. The number of carboxylic acids is 1. The van der Waals surface area contributed by atoms with E-state index < -0.39 is 22.1 Å². The van der Waals surface area contributed by atoms with Crippen LogP contribution in [0.1, 0.15) is 12.8 Å². The summed E-state index contributed by atoms with van der Waals surface area (Å²) in [5, 5.41) is 8.86. The third kappa shape index (κ3) is 5.71. The molecule has 0 aromatic heterocycles. The lowest BCUT2D eigenvalue weighted by molar-refractivity contribution is -0.142. The monoisotopic (exact) mass is 310 g/mol. The van der Waals surface area contributed by atoms with E-state index in [1.807, 2.05) is 0 Å². The number of carboxylic acid groups (broad SMARTS) is 1. The zero-order valence-electron chi connectivity index (χ0n) is 11.6. The highest BCUT2D eigenvalue weighted by Crippen LogP contribution is 2.18. The number of piperidine rings is 1. The van der Waals surface area contributed by atoms with Crippen LogP contribution in [0.4, 0.5) is 0 Å². The lowest BCUT2D eigenvalue weighted by Crippen LogP contribution is -2.46. The summed E-state index contributed by atoms with van der Waals surface area (Å²) in [5.41, 5.74) is 0. The molecule has 1 rings (SSSR count). The fraction of sp³-hybridized carbons (Fsp3) is 0.909. The second-order valence-corrected chi connectivity index (χ2v) is 6.27. The summed E-state index contributed by atoms with van der Waals surface area (Å²) in [5.74, 6) is -1.31. The summed E-state index contributed by atoms with van der Waals surface area (Å²) in [6.45, 7) is 1.81. The van der Waals surface area contributed by atoms with Crippen molar-refractivity contribution >= 4 is 16.2 Å². The quantitative estimate of drug-likeness (QED) is 0.545. The molecule has 0 amide bonds. The van der Waals surface area contributed by atoms with E-state index >= 15 is 0 Å². The van der Waals surface area contributed by atoms with Crippen molar-refractivity contribution in [3.8, 4) is 0 Å². The maximum absolute atomic E-state index is 11.9. The van der Waals surface area contributed by atoms with Crippen molar-refractivity contribution in [1.82, 2.24) is 9.03 Å². The standard InChI is InChI=1S/C11H22N2O6S/c1-18-8-9-19-7-4-12-20(16,17)13-5-2-10(3-6-13)11(14)15/h10,12H,2-9H2,1H3,(H,14,15). The highest BCUT2D eigenvalue weighted by Gasteiger charge is 2.30. The lowest BCUT2D eigenvalue weighted by atomic mass is 9.99. The molecule has 1 saturated heterocycles. The van der Waals surface area contributed by atoms with Gasteiger partial charge in [0.15, 0.2) is 0 Å². The highest BCUT2D eigenvalue weighted by atomic mass is 32.2. The van der Waals surface area contributed by atoms with Crippen molar-refractivity contribution in [2.24, 2.45) is 5.92 Å². The van der Waals surface area contributed by atoms with Crippen LogP contribution >= 0.6 is 0 Å². The molecule has 0 aromatic rings. The van der Waals surface area contributed by atoms with Gasteiger partial charge < -0.3 is 14.6 Å². The van der Waals surface area contributed by atoms with E-state index in [1.165, 1.54) is 4.31 Å². The normalized spacial score (nSPS) is 18.2. The summed E-state index contributed by atoms with van der Waals surface area (Å²) in [7, 11) is -1.98. The van der Waals surface area contributed by atoms with Crippen LogP contribution in [0.15, 0.2) is 0 Å². The van der Waals surface area contributed by atoms with Crippen LogP contribution < -0.4 is 4.72 Å². The minimum absolute atomic E-state index is 0.185. The van der Waals surface area contributed by atoms with Crippen molar-refractivity contribution in [3.05, 3.63) is 0 Å². The van der Waals surface area contributed by atoms with Crippen LogP contribution in [0.3, 0.4) is 0 Å². The van der Waals surface area contributed by atoms with Gasteiger partial charge in [-0.05, 0) is 12.8 Å². The van der Waals surface area contributed by atoms with Crippen molar-refractivity contribution in [3.63, 3.8) is 0 Å². The first-order chi connectivity index (χ1) is 9.47. The topological polar surface area (TPSA) is 105 Å². The van der Waals surface area contributed by atoms with E-state index in [-0.39, 0.29) is 26.2 Å². The molecule has 0 aliphatic carbocycles. The molecule has 0 unspecified atom stereocenters. The third-order valence-corrected chi connectivity index (χ3v) is 4.72. The van der Waals surface area contributed by atoms with Crippen LogP contribution in [-0.4, -0.2) is 70.4 Å². The van der Waals surface area contributed by atoms with Crippen LogP contribution in [0.2, 0.25) is 0 Å². The first-order valence-corrected chi connectivity index (χ1v) is 7.95. The summed E-state index contributed by atoms with van der Waals surface area (Å²) in [6, 6.07) is 0. The molecule has 1 aliphatic heterocycles. The summed E-state index contributed by atoms with van der Waals surface area (Å²) >= 11 is 0. The molecule has 9 heteroatoms. The molecular weight excluding hydrogens is 288 g/mol. The highest BCUT2D eigenvalue weighted by molar-refractivity contribution is 7.87. The largest absolute Gasteiger partial charge is 0.481 e. The fourth-order valence-corrected chi connectivity index (χ4v) is 3.14. The molecular formula is C11H22N2O6S. The number of nitrogens with one attached hydrogen (secondary N) is 1. The predicted molar refractivity (Wildman–Crippen MR) is 71.6 cm³/mol. The Kier molecular flexibility index (Phi) is 7.38. The molecule has 20 heavy (non-hydrogen) atoms. The Balaban J connectivity index is 2.26. The molecule has 118 valence electrons. The van der Waals surface area contributed by atoms with E-state index in [2.05, 4.69) is 4.72 Å². The number of hydrogen-bond donors (Lipinski definition) is 2. The number of carbonyl (C=O) groups is 1. The maximum Gasteiger partial charge on any atom is 0.306 e. The molecule has 1 aliphatic rings. The molecule has 1 fully saturated rings. The van der Waals surface area contributed by atoms with Gasteiger partial charge in [-0.3, -0.25) is 4.79 Å². The molecule has 0 bridgehead atoms. The molecule has 0 saturated carbocycles. The molecule has 0 radical (unpaired) electrons. The number of nitrogens with zero attached hydrogens (tertiary/aromatic N) is 1. The van der Waals surface area contributed by atoms with E-state index in [0.717, 1.165) is 0 Å². The van der Waals surface area contributed by atoms with E-state index in [9.17, 15) is 13.2 Å². The first kappa shape index (κ1) is 17.3. The second kappa shape index (κ2) is 8.53. The van der Waals surface area contributed by atoms with Gasteiger partial charge in [0, 0.05) is 26.7 Å². The minimum atomic E-state index is -3.55. The molecule has 2 N–H and O–H groups in total. The van der Waals surface area contributed by atoms with Gasteiger partial charge >= 0.3 is 5.97 Å². The third-order valence-electron chi connectivity index (χ3n) is 3.11. The van der Waals surface area contributed by atoms with Crippen LogP contribution in [-0.2, 0) is 24.5 Å². The average Bonchev–Trinajstić information content (AvgIpc) is 2.43. The van der Waals surface area contributed by atoms with E-state index in [4.69, 9.17) is 14.6 Å². The first-order valence-electron chi connectivity index (χ1n) is 6.51. The summed E-state index contributed by atoms with van der Waals surface area (Å²) < 4.78 is 37.5. The molecule has 8 nitrogen and oxygen atoms in total. The Hall–Kier alpha value is -0.740. The Labute approximate surface area is 119 Å². The summed E-state index contributed by atoms with van der Waals surface area (Å²) in [4.78, 5) is 10.8. The van der Waals surface area contributed by atoms with Crippen LogP contribution in [0.5, 0.6) is 0 Å². The van der Waals surface area contributed by atoms with Gasteiger partial charge in [-0.15, -0.1) is 0 Å². The molecule has 1 heterocycles. The molecule has 0 spiro atoms. The van der Waals surface area contributed by atoms with Crippen LogP contribution in [0, 0.1) is 5.92 Å². The Bertz CT molecular complexity index is 392. The van der Waals surface area contributed by atoms with Gasteiger partial charge in [-0.25, -0.2) is 0 Å². The second-order valence-electron chi connectivity index (χ2n) is 4.52. The lowest BCUT2D eigenvalue weighted by Gasteiger charge is -2.29. The van der Waals surface area contributed by atoms with Gasteiger partial charge in [0.1, 0.15) is 0 Å². The SMILES string of the molecule is COCCOCCNS(=O)(=O)N1CCC(C(=O)O)CC1. The Morgan fingerprint density at radius 2 is 1.95 bits per heavy atom. The number of methoxy groups -OCH3 is 1. The average molecular weight is 310 g/mol. The number of rotatable bonds is 9. The van der Waals surface area contributed by atoms with Crippen LogP contribution in [0.25, 0.3) is 0 Å². The zero-order valence-corrected chi connectivity index (χ0v) is 12.4. The number of hydrogen-bond acceptors (Lipinski definition) is 5. The van der Waals surface area contributed by atoms with Gasteiger partial charge in [0.25, 0.3) is 10.2 Å². The van der Waals surface area contributed by atoms with Gasteiger partial charge in [-0.1, -0.05) is 0 Å². The van der Waals surface area contributed by atoms with E-state index in [0.29, 0.717) is 26.1 Å². The summed E-state index contributed by atoms with van der Waals surface area (Å²) in [6.07, 6.45) is 0.696. The van der Waals surface area contributed by atoms with E-state index in [1.54, 1.807) is 7.11 Å². The maximum atomic E-state index is 11.9. The molecule has 0 aromatic carbocycles. The van der Waals surface area contributed by atoms with Crippen molar-refractivity contribution in [1.29, 1.82) is 0 Å². The molecule has 0 atom stereocenters. The number of ether oxygens (including phenoxy) is 2. The number of aliphatic carboxylic acids is 1. The smallest absolute Gasteiger partial charge is 0.306 e.